The number of halogens is 1. The molecular weight excluding hydrogens is 382 g/mol. The Labute approximate surface area is 180 Å². The van der Waals surface area contributed by atoms with Crippen LogP contribution >= 0.6 is 11.6 Å². The smallest absolute Gasteiger partial charge is 0.231 e. The van der Waals surface area contributed by atoms with Gasteiger partial charge in [-0.2, -0.15) is 15.0 Å². The molecule has 0 N–H and O–H groups in total. The Balaban J connectivity index is 1.47. The van der Waals surface area contributed by atoms with E-state index in [-0.39, 0.29) is 0 Å². The molecule has 1 aromatic rings. The summed E-state index contributed by atoms with van der Waals surface area (Å²) in [4.78, 5) is 19.1. The van der Waals surface area contributed by atoms with Gasteiger partial charge in [-0.25, -0.2) is 0 Å². The number of nitrogens with zero attached hydrogens (tertiary/aromatic N) is 5. The second-order valence-corrected chi connectivity index (χ2v) is 13.2. The maximum Gasteiger partial charge on any atom is 0.231 e. The lowest BCUT2D eigenvalue weighted by Crippen LogP contribution is -2.37. The van der Waals surface area contributed by atoms with Gasteiger partial charge < -0.3 is 9.80 Å². The van der Waals surface area contributed by atoms with Gasteiger partial charge in [0.2, 0.25) is 17.2 Å². The molecule has 29 heavy (non-hydrogen) atoms. The first-order valence-electron chi connectivity index (χ1n) is 11.3. The van der Waals surface area contributed by atoms with Crippen LogP contribution in [-0.4, -0.2) is 40.1 Å². The van der Waals surface area contributed by atoms with Crippen molar-refractivity contribution < 1.29 is 0 Å². The van der Waals surface area contributed by atoms with Gasteiger partial charge in [0.1, 0.15) is 0 Å². The molecule has 5 nitrogen and oxygen atoms in total. The van der Waals surface area contributed by atoms with Crippen molar-refractivity contribution in [1.82, 2.24) is 15.0 Å². The van der Waals surface area contributed by atoms with Gasteiger partial charge in [0.05, 0.1) is 0 Å². The zero-order valence-corrected chi connectivity index (χ0v) is 19.7. The van der Waals surface area contributed by atoms with E-state index in [1.54, 1.807) is 0 Å². The van der Waals surface area contributed by atoms with E-state index >= 15 is 0 Å². The van der Waals surface area contributed by atoms with E-state index in [1.165, 1.54) is 38.5 Å². The highest BCUT2D eigenvalue weighted by Crippen LogP contribution is 2.54. The van der Waals surface area contributed by atoms with Crippen LogP contribution in [-0.2, 0) is 0 Å². The largest absolute Gasteiger partial charge is 0.337 e. The topological polar surface area (TPSA) is 45.2 Å². The van der Waals surface area contributed by atoms with Crippen LogP contribution in [0.5, 0.6) is 0 Å². The molecule has 1 aromatic heterocycles. The molecule has 4 unspecified atom stereocenters. The Morgan fingerprint density at radius 1 is 0.690 bits per heavy atom. The number of rotatable bonds is 2. The molecule has 0 spiro atoms. The minimum absolute atomic E-state index is 0.335. The lowest BCUT2D eigenvalue weighted by atomic mass is 9.65. The summed E-state index contributed by atoms with van der Waals surface area (Å²) < 4.78 is 0. The SMILES string of the molecule is CC1(C)CC2CC(C)(CN2c2nc(Cl)nc(N3CC4(C)CC3CC(C)(C)C4)n2)C1. The maximum absolute atomic E-state index is 6.46. The van der Waals surface area contributed by atoms with Gasteiger partial charge in [-0.05, 0) is 71.8 Å². The fourth-order valence-corrected chi connectivity index (χ4v) is 8.13. The average Bonchev–Trinajstić information content (AvgIpc) is 2.93. The number of aromatic nitrogens is 3. The molecule has 2 saturated heterocycles. The zero-order valence-electron chi connectivity index (χ0n) is 18.9. The van der Waals surface area contributed by atoms with Crippen molar-refractivity contribution >= 4 is 23.5 Å². The molecule has 0 radical (unpaired) electrons. The van der Waals surface area contributed by atoms with E-state index in [4.69, 9.17) is 16.6 Å². The minimum Gasteiger partial charge on any atom is -0.337 e. The van der Waals surface area contributed by atoms with E-state index in [0.717, 1.165) is 25.0 Å². The molecule has 4 bridgehead atoms. The molecule has 2 saturated carbocycles. The van der Waals surface area contributed by atoms with Crippen LogP contribution in [0, 0.1) is 21.7 Å². The fourth-order valence-electron chi connectivity index (χ4n) is 7.97. The third-order valence-electron chi connectivity index (χ3n) is 7.93. The Morgan fingerprint density at radius 2 is 1.10 bits per heavy atom. The second kappa shape index (κ2) is 5.99. The Kier molecular flexibility index (Phi) is 4.10. The van der Waals surface area contributed by atoms with Crippen molar-refractivity contribution in [2.75, 3.05) is 22.9 Å². The van der Waals surface area contributed by atoms with Crippen molar-refractivity contribution in [2.24, 2.45) is 21.7 Å². The molecule has 3 heterocycles. The van der Waals surface area contributed by atoms with E-state index < -0.39 is 0 Å². The summed E-state index contributed by atoms with van der Waals surface area (Å²) in [5.41, 5.74) is 1.43. The molecule has 2 aliphatic heterocycles. The van der Waals surface area contributed by atoms with E-state index in [1.807, 2.05) is 0 Å². The molecular formula is C23H36ClN5. The third-order valence-corrected chi connectivity index (χ3v) is 8.10. The predicted octanol–water partition coefficient (Wildman–Crippen LogP) is 5.34. The molecule has 160 valence electrons. The predicted molar refractivity (Wildman–Crippen MR) is 119 cm³/mol. The van der Waals surface area contributed by atoms with E-state index in [9.17, 15) is 0 Å². The highest BCUT2D eigenvalue weighted by molar-refractivity contribution is 6.28. The Morgan fingerprint density at radius 3 is 1.52 bits per heavy atom. The van der Waals surface area contributed by atoms with E-state index in [2.05, 4.69) is 61.3 Å². The lowest BCUT2D eigenvalue weighted by molar-refractivity contribution is 0.136. The summed E-state index contributed by atoms with van der Waals surface area (Å²) in [6, 6.07) is 1.01. The number of hydrogen-bond acceptors (Lipinski definition) is 5. The van der Waals surface area contributed by atoms with Gasteiger partial charge in [0.15, 0.2) is 0 Å². The summed E-state index contributed by atoms with van der Waals surface area (Å²) in [6.45, 7) is 16.5. The van der Waals surface area contributed by atoms with Crippen LogP contribution < -0.4 is 9.80 Å². The van der Waals surface area contributed by atoms with Gasteiger partial charge in [0, 0.05) is 25.2 Å². The van der Waals surface area contributed by atoms with Crippen molar-refractivity contribution in [3.05, 3.63) is 5.28 Å². The van der Waals surface area contributed by atoms with Crippen molar-refractivity contribution in [1.29, 1.82) is 0 Å². The van der Waals surface area contributed by atoms with Crippen LogP contribution in [0.4, 0.5) is 11.9 Å². The summed E-state index contributed by atoms with van der Waals surface area (Å²) >= 11 is 6.46. The van der Waals surface area contributed by atoms with Crippen LogP contribution in [0.2, 0.25) is 5.28 Å². The zero-order chi connectivity index (χ0) is 20.8. The number of hydrogen-bond donors (Lipinski definition) is 0. The maximum atomic E-state index is 6.46. The van der Waals surface area contributed by atoms with E-state index in [0.29, 0.717) is 39.0 Å². The van der Waals surface area contributed by atoms with Gasteiger partial charge in [-0.3, -0.25) is 0 Å². The van der Waals surface area contributed by atoms with Crippen LogP contribution in [0.25, 0.3) is 0 Å². The molecule has 0 aromatic carbocycles. The normalized spacial score (nSPS) is 39.8. The van der Waals surface area contributed by atoms with Crippen molar-refractivity contribution in [3.63, 3.8) is 0 Å². The number of fused-ring (bicyclic) bond motifs is 4. The van der Waals surface area contributed by atoms with Crippen molar-refractivity contribution in [3.8, 4) is 0 Å². The minimum atomic E-state index is 0.335. The molecule has 6 heteroatoms. The average molecular weight is 418 g/mol. The summed E-state index contributed by atoms with van der Waals surface area (Å²) in [7, 11) is 0. The second-order valence-electron chi connectivity index (χ2n) is 12.9. The molecule has 5 rings (SSSR count). The standard InChI is InChI=1S/C23H36ClN5/c1-20(2)7-15-9-22(5,11-20)13-28(15)18-25-17(24)26-19(27-18)29-14-23(6)10-16(29)8-21(3,4)12-23/h15-16H,7-14H2,1-6H3. The number of anilines is 2. The first-order chi connectivity index (χ1) is 13.3. The van der Waals surface area contributed by atoms with Crippen LogP contribution in [0.3, 0.4) is 0 Å². The first-order valence-corrected chi connectivity index (χ1v) is 11.7. The monoisotopic (exact) mass is 417 g/mol. The summed E-state index contributed by atoms with van der Waals surface area (Å²) in [5, 5.41) is 0.335. The third kappa shape index (κ3) is 3.51. The Bertz CT molecular complexity index is 774. The first kappa shape index (κ1) is 19.8. The van der Waals surface area contributed by atoms with Crippen LogP contribution in [0.15, 0.2) is 0 Å². The van der Waals surface area contributed by atoms with Gasteiger partial charge in [-0.1, -0.05) is 41.5 Å². The highest BCUT2D eigenvalue weighted by atomic mass is 35.5. The fraction of sp³-hybridized carbons (Fsp3) is 0.870. The lowest BCUT2D eigenvalue weighted by Gasteiger charge is -2.39. The Hall–Kier alpha value is -1.10. The van der Waals surface area contributed by atoms with Crippen molar-refractivity contribution in [2.45, 2.75) is 92.2 Å². The summed E-state index contributed by atoms with van der Waals surface area (Å²) in [6.07, 6.45) is 7.38. The van der Waals surface area contributed by atoms with Gasteiger partial charge in [0.25, 0.3) is 0 Å². The van der Waals surface area contributed by atoms with Gasteiger partial charge >= 0.3 is 0 Å². The van der Waals surface area contributed by atoms with Crippen LogP contribution in [0.1, 0.15) is 80.1 Å². The molecule has 4 atom stereocenters. The molecule has 4 fully saturated rings. The summed E-state index contributed by atoms with van der Waals surface area (Å²) in [5.74, 6) is 1.58. The highest BCUT2D eigenvalue weighted by Gasteiger charge is 2.52. The molecule has 0 amide bonds. The quantitative estimate of drug-likeness (QED) is 0.650. The molecule has 4 aliphatic rings. The van der Waals surface area contributed by atoms with Gasteiger partial charge in [-0.15, -0.1) is 0 Å². The molecule has 2 aliphatic carbocycles.